The van der Waals surface area contributed by atoms with Crippen LogP contribution in [0.4, 0.5) is 5.69 Å². The number of nitrogens with zero attached hydrogens (tertiary/aromatic N) is 2. The zero-order valence-corrected chi connectivity index (χ0v) is 13.0. The van der Waals surface area contributed by atoms with Crippen molar-refractivity contribution in [3.05, 3.63) is 33.9 Å². The van der Waals surface area contributed by atoms with Crippen molar-refractivity contribution in [2.75, 3.05) is 24.8 Å². The third-order valence-corrected chi connectivity index (χ3v) is 4.54. The van der Waals surface area contributed by atoms with Crippen LogP contribution in [0.1, 0.15) is 5.56 Å². The van der Waals surface area contributed by atoms with E-state index in [1.807, 2.05) is 0 Å². The highest BCUT2D eigenvalue weighted by molar-refractivity contribution is 8.00. The quantitative estimate of drug-likeness (QED) is 0.471. The number of ether oxygens (including phenoxy) is 1. The SMILES string of the molecule is Cc1ccc(OC[C@H]2SCCN2C(=O)CCl)c([N+](=O)[O-])c1. The summed E-state index contributed by atoms with van der Waals surface area (Å²) < 4.78 is 5.56. The molecule has 1 aliphatic heterocycles. The summed E-state index contributed by atoms with van der Waals surface area (Å²) in [5, 5.41) is 10.9. The normalized spacial score (nSPS) is 17.8. The molecule has 1 aromatic rings. The van der Waals surface area contributed by atoms with E-state index in [1.54, 1.807) is 35.7 Å². The van der Waals surface area contributed by atoms with Gasteiger partial charge in [0.1, 0.15) is 17.9 Å². The molecule has 0 aliphatic carbocycles. The van der Waals surface area contributed by atoms with Gasteiger partial charge in [-0.2, -0.15) is 0 Å². The summed E-state index contributed by atoms with van der Waals surface area (Å²) in [6.45, 7) is 2.61. The first-order valence-corrected chi connectivity index (χ1v) is 7.96. The Morgan fingerprint density at radius 2 is 2.38 bits per heavy atom. The lowest BCUT2D eigenvalue weighted by molar-refractivity contribution is -0.385. The molecule has 1 atom stereocenters. The lowest BCUT2D eigenvalue weighted by Gasteiger charge is -2.22. The fourth-order valence-corrected chi connectivity index (χ4v) is 3.37. The van der Waals surface area contributed by atoms with Gasteiger partial charge >= 0.3 is 5.69 Å². The maximum absolute atomic E-state index is 11.7. The number of aryl methyl sites for hydroxylation is 1. The highest BCUT2D eigenvalue weighted by Crippen LogP contribution is 2.30. The molecule has 0 unspecified atom stereocenters. The number of nitro groups is 1. The molecule has 1 saturated heterocycles. The molecule has 1 heterocycles. The standard InChI is InChI=1S/C13H15ClN2O4S/c1-9-2-3-11(10(6-9)16(18)19)20-8-13-15(4-5-21-13)12(17)7-14/h2-3,6,13H,4-5,7-8H2,1H3/t13-/m1/s1. The Hall–Kier alpha value is -1.47. The van der Waals surface area contributed by atoms with Crippen LogP contribution in [0.3, 0.4) is 0 Å². The van der Waals surface area contributed by atoms with E-state index in [4.69, 9.17) is 16.3 Å². The first-order valence-electron chi connectivity index (χ1n) is 6.38. The largest absolute Gasteiger partial charge is 0.484 e. The van der Waals surface area contributed by atoms with Gasteiger partial charge in [-0.3, -0.25) is 14.9 Å². The van der Waals surface area contributed by atoms with Crippen LogP contribution in [-0.4, -0.2) is 45.9 Å². The predicted octanol–water partition coefficient (Wildman–Crippen LogP) is 2.42. The minimum absolute atomic E-state index is 0.0618. The van der Waals surface area contributed by atoms with Crippen LogP contribution < -0.4 is 4.74 Å². The van der Waals surface area contributed by atoms with Crippen LogP contribution in [0.5, 0.6) is 5.75 Å². The van der Waals surface area contributed by atoms with Gasteiger partial charge in [0.05, 0.1) is 4.92 Å². The second-order valence-electron chi connectivity index (χ2n) is 4.59. The topological polar surface area (TPSA) is 72.7 Å². The Balaban J connectivity index is 2.06. The first-order chi connectivity index (χ1) is 10.0. The molecule has 0 spiro atoms. The minimum Gasteiger partial charge on any atom is -0.484 e. The van der Waals surface area contributed by atoms with Crippen LogP contribution in [0.15, 0.2) is 18.2 Å². The molecule has 0 saturated carbocycles. The number of alkyl halides is 1. The Morgan fingerprint density at radius 3 is 3.05 bits per heavy atom. The maximum Gasteiger partial charge on any atom is 0.311 e. The van der Waals surface area contributed by atoms with E-state index in [-0.39, 0.29) is 35.2 Å². The zero-order valence-electron chi connectivity index (χ0n) is 11.5. The molecule has 0 bridgehead atoms. The van der Waals surface area contributed by atoms with Gasteiger partial charge in [-0.1, -0.05) is 6.07 Å². The lowest BCUT2D eigenvalue weighted by atomic mass is 10.2. The van der Waals surface area contributed by atoms with Gasteiger partial charge in [-0.05, 0) is 18.6 Å². The monoisotopic (exact) mass is 330 g/mol. The van der Waals surface area contributed by atoms with Gasteiger partial charge in [-0.15, -0.1) is 23.4 Å². The van der Waals surface area contributed by atoms with Crippen molar-refractivity contribution in [2.45, 2.75) is 12.3 Å². The molecule has 0 radical (unpaired) electrons. The van der Waals surface area contributed by atoms with Crippen molar-refractivity contribution in [3.63, 3.8) is 0 Å². The summed E-state index contributed by atoms with van der Waals surface area (Å²) in [5.74, 6) is 0.819. The number of hydrogen-bond acceptors (Lipinski definition) is 5. The molecule has 1 amide bonds. The number of carbonyl (C=O) groups is 1. The number of nitro benzene ring substituents is 1. The minimum atomic E-state index is -0.466. The van der Waals surface area contributed by atoms with Crippen molar-refractivity contribution in [3.8, 4) is 5.75 Å². The Bertz CT molecular complexity index is 555. The highest BCUT2D eigenvalue weighted by atomic mass is 35.5. The van der Waals surface area contributed by atoms with E-state index in [0.29, 0.717) is 6.54 Å². The highest BCUT2D eigenvalue weighted by Gasteiger charge is 2.30. The fraction of sp³-hybridized carbons (Fsp3) is 0.462. The molecule has 1 aromatic carbocycles. The van der Waals surface area contributed by atoms with E-state index >= 15 is 0 Å². The third kappa shape index (κ3) is 3.79. The van der Waals surface area contributed by atoms with Crippen LogP contribution in [0, 0.1) is 17.0 Å². The van der Waals surface area contributed by atoms with E-state index in [9.17, 15) is 14.9 Å². The summed E-state index contributed by atoms with van der Waals surface area (Å²) in [7, 11) is 0. The number of benzene rings is 1. The van der Waals surface area contributed by atoms with Crippen molar-refractivity contribution in [1.82, 2.24) is 4.90 Å². The summed E-state index contributed by atoms with van der Waals surface area (Å²) in [6.07, 6.45) is 0. The van der Waals surface area contributed by atoms with Crippen molar-refractivity contribution < 1.29 is 14.5 Å². The number of thioether (sulfide) groups is 1. The average molecular weight is 331 g/mol. The Labute approximate surface area is 131 Å². The fourth-order valence-electron chi connectivity index (χ4n) is 2.07. The predicted molar refractivity (Wildman–Crippen MR) is 82.0 cm³/mol. The number of amides is 1. The molecule has 21 heavy (non-hydrogen) atoms. The summed E-state index contributed by atoms with van der Waals surface area (Å²) in [5.41, 5.74) is 0.733. The van der Waals surface area contributed by atoms with Crippen molar-refractivity contribution in [1.29, 1.82) is 0 Å². The third-order valence-electron chi connectivity index (χ3n) is 3.12. The Kier molecular flexibility index (Phi) is 5.30. The molecule has 0 N–H and O–H groups in total. The van der Waals surface area contributed by atoms with E-state index in [1.165, 1.54) is 6.07 Å². The van der Waals surface area contributed by atoms with Gasteiger partial charge in [0.15, 0.2) is 5.75 Å². The smallest absolute Gasteiger partial charge is 0.311 e. The second kappa shape index (κ2) is 7.00. The number of halogens is 1. The molecule has 1 fully saturated rings. The van der Waals surface area contributed by atoms with Gasteiger partial charge in [-0.25, -0.2) is 0 Å². The van der Waals surface area contributed by atoms with Gasteiger partial charge in [0.25, 0.3) is 0 Å². The number of rotatable bonds is 5. The van der Waals surface area contributed by atoms with E-state index in [0.717, 1.165) is 11.3 Å². The first kappa shape index (κ1) is 15.9. The van der Waals surface area contributed by atoms with E-state index < -0.39 is 4.92 Å². The summed E-state index contributed by atoms with van der Waals surface area (Å²) in [6, 6.07) is 4.81. The number of hydrogen-bond donors (Lipinski definition) is 0. The maximum atomic E-state index is 11.7. The second-order valence-corrected chi connectivity index (χ2v) is 6.14. The van der Waals surface area contributed by atoms with Crippen LogP contribution >= 0.6 is 23.4 Å². The molecule has 0 aromatic heterocycles. The summed E-state index contributed by atoms with van der Waals surface area (Å²) in [4.78, 5) is 23.9. The molecular formula is C13H15ClN2O4S. The molecular weight excluding hydrogens is 316 g/mol. The number of carbonyl (C=O) groups excluding carboxylic acids is 1. The molecule has 114 valence electrons. The zero-order chi connectivity index (χ0) is 15.4. The van der Waals surface area contributed by atoms with Crippen LogP contribution in [0.2, 0.25) is 0 Å². The summed E-state index contributed by atoms with van der Waals surface area (Å²) >= 11 is 7.15. The van der Waals surface area contributed by atoms with Crippen molar-refractivity contribution in [2.24, 2.45) is 0 Å². The molecule has 6 nitrogen and oxygen atoms in total. The van der Waals surface area contributed by atoms with Gasteiger partial charge < -0.3 is 9.64 Å². The lowest BCUT2D eigenvalue weighted by Crippen LogP contribution is -2.38. The molecule has 2 rings (SSSR count). The van der Waals surface area contributed by atoms with Crippen LogP contribution in [0.25, 0.3) is 0 Å². The van der Waals surface area contributed by atoms with E-state index in [2.05, 4.69) is 0 Å². The van der Waals surface area contributed by atoms with Gasteiger partial charge in [0.2, 0.25) is 5.91 Å². The Morgan fingerprint density at radius 1 is 1.62 bits per heavy atom. The van der Waals surface area contributed by atoms with Gasteiger partial charge in [0, 0.05) is 18.4 Å². The average Bonchev–Trinajstić information content (AvgIpc) is 2.93. The van der Waals surface area contributed by atoms with Crippen LogP contribution in [-0.2, 0) is 4.79 Å². The van der Waals surface area contributed by atoms with Crippen molar-refractivity contribution >= 4 is 35.0 Å². The molecule has 8 heteroatoms. The molecule has 1 aliphatic rings.